The van der Waals surface area contributed by atoms with Crippen LogP contribution in [0.25, 0.3) is 11.1 Å². The normalized spacial score (nSPS) is 9.78. The van der Waals surface area contributed by atoms with Crippen molar-refractivity contribution in [3.63, 3.8) is 0 Å². The van der Waals surface area contributed by atoms with E-state index in [4.69, 9.17) is 10.4 Å². The molecule has 0 bridgehead atoms. The number of benzene rings is 2. The van der Waals surface area contributed by atoms with Crippen LogP contribution in [0.1, 0.15) is 15.9 Å². The molecule has 0 saturated heterocycles. The molecular formula is C14H8FNO2. The number of rotatable bonds is 2. The first-order valence-electron chi connectivity index (χ1n) is 5.15. The van der Waals surface area contributed by atoms with Gasteiger partial charge in [0.2, 0.25) is 0 Å². The van der Waals surface area contributed by atoms with Gasteiger partial charge in [0.15, 0.2) is 0 Å². The number of aromatic carboxylic acids is 1. The summed E-state index contributed by atoms with van der Waals surface area (Å²) < 4.78 is 13.7. The van der Waals surface area contributed by atoms with Crippen LogP contribution in [0.3, 0.4) is 0 Å². The Hall–Kier alpha value is -2.67. The Balaban J connectivity index is 2.59. The zero-order chi connectivity index (χ0) is 13.1. The van der Waals surface area contributed by atoms with E-state index in [1.54, 1.807) is 18.2 Å². The molecule has 0 aliphatic rings. The molecule has 0 unspecified atom stereocenters. The lowest BCUT2D eigenvalue weighted by Gasteiger charge is -2.05. The molecule has 0 aliphatic carbocycles. The molecule has 0 aliphatic heterocycles. The van der Waals surface area contributed by atoms with E-state index in [2.05, 4.69) is 0 Å². The van der Waals surface area contributed by atoms with Crippen molar-refractivity contribution >= 4 is 5.97 Å². The topological polar surface area (TPSA) is 61.1 Å². The van der Waals surface area contributed by atoms with Gasteiger partial charge in [0.1, 0.15) is 5.82 Å². The molecule has 0 amide bonds. The molecule has 2 rings (SSSR count). The smallest absolute Gasteiger partial charge is 0.335 e. The van der Waals surface area contributed by atoms with Gasteiger partial charge in [-0.3, -0.25) is 0 Å². The standard InChI is InChI=1S/C14H8FNO2/c15-13-5-4-11(14(17)18)7-12(13)10-3-1-2-9(6-10)8-16/h1-7H,(H,17,18). The number of halogens is 1. The maximum absolute atomic E-state index is 13.7. The molecule has 0 fully saturated rings. The van der Waals surface area contributed by atoms with E-state index in [0.29, 0.717) is 11.1 Å². The first-order chi connectivity index (χ1) is 8.61. The predicted octanol–water partition coefficient (Wildman–Crippen LogP) is 3.06. The van der Waals surface area contributed by atoms with Gasteiger partial charge in [-0.25, -0.2) is 9.18 Å². The Morgan fingerprint density at radius 1 is 1.22 bits per heavy atom. The van der Waals surface area contributed by atoms with Gasteiger partial charge in [0, 0.05) is 5.56 Å². The molecule has 88 valence electrons. The highest BCUT2D eigenvalue weighted by molar-refractivity contribution is 5.89. The number of carboxylic acids is 1. The van der Waals surface area contributed by atoms with Gasteiger partial charge in [-0.05, 0) is 35.9 Å². The summed E-state index contributed by atoms with van der Waals surface area (Å²) in [5.74, 6) is -1.64. The summed E-state index contributed by atoms with van der Waals surface area (Å²) in [4.78, 5) is 10.8. The summed E-state index contributed by atoms with van der Waals surface area (Å²) in [7, 11) is 0. The van der Waals surface area contributed by atoms with E-state index in [-0.39, 0.29) is 11.1 Å². The summed E-state index contributed by atoms with van der Waals surface area (Å²) in [6, 6.07) is 11.9. The molecule has 0 spiro atoms. The van der Waals surface area contributed by atoms with E-state index in [9.17, 15) is 9.18 Å². The molecule has 3 nitrogen and oxygen atoms in total. The summed E-state index contributed by atoms with van der Waals surface area (Å²) >= 11 is 0. The molecule has 0 saturated carbocycles. The van der Waals surface area contributed by atoms with Crippen LogP contribution in [0.5, 0.6) is 0 Å². The number of carbonyl (C=O) groups is 1. The average molecular weight is 241 g/mol. The third-order valence-corrected chi connectivity index (χ3v) is 2.52. The minimum absolute atomic E-state index is 0.00811. The summed E-state index contributed by atoms with van der Waals surface area (Å²) in [6.45, 7) is 0. The molecule has 0 heterocycles. The fourth-order valence-corrected chi connectivity index (χ4v) is 1.64. The van der Waals surface area contributed by atoms with Crippen molar-refractivity contribution in [1.29, 1.82) is 5.26 Å². The number of nitrogens with zero attached hydrogens (tertiary/aromatic N) is 1. The summed E-state index contributed by atoms with van der Waals surface area (Å²) in [5.41, 5.74) is 1.06. The molecule has 0 aromatic heterocycles. The maximum Gasteiger partial charge on any atom is 0.335 e. The van der Waals surface area contributed by atoms with Gasteiger partial charge in [-0.15, -0.1) is 0 Å². The van der Waals surface area contributed by atoms with Crippen molar-refractivity contribution in [3.05, 3.63) is 59.4 Å². The van der Waals surface area contributed by atoms with Crippen LogP contribution in [0, 0.1) is 17.1 Å². The second-order valence-electron chi connectivity index (χ2n) is 3.69. The molecule has 1 N–H and O–H groups in total. The Morgan fingerprint density at radius 3 is 2.67 bits per heavy atom. The monoisotopic (exact) mass is 241 g/mol. The van der Waals surface area contributed by atoms with Crippen LogP contribution >= 0.6 is 0 Å². The van der Waals surface area contributed by atoms with Crippen LogP contribution in [0.15, 0.2) is 42.5 Å². The highest BCUT2D eigenvalue weighted by Gasteiger charge is 2.10. The van der Waals surface area contributed by atoms with Crippen molar-refractivity contribution in [3.8, 4) is 17.2 Å². The van der Waals surface area contributed by atoms with Gasteiger partial charge in [-0.1, -0.05) is 12.1 Å². The van der Waals surface area contributed by atoms with Gasteiger partial charge >= 0.3 is 5.97 Å². The number of hydrogen-bond acceptors (Lipinski definition) is 2. The maximum atomic E-state index is 13.7. The minimum Gasteiger partial charge on any atom is -0.478 e. The van der Waals surface area contributed by atoms with E-state index >= 15 is 0 Å². The lowest BCUT2D eigenvalue weighted by molar-refractivity contribution is 0.0697. The van der Waals surface area contributed by atoms with Crippen LogP contribution in [-0.4, -0.2) is 11.1 Å². The van der Waals surface area contributed by atoms with Gasteiger partial charge < -0.3 is 5.11 Å². The van der Waals surface area contributed by atoms with Crippen LogP contribution in [0.2, 0.25) is 0 Å². The molecule has 2 aromatic carbocycles. The SMILES string of the molecule is N#Cc1cccc(-c2cc(C(=O)O)ccc2F)c1. The highest BCUT2D eigenvalue weighted by Crippen LogP contribution is 2.24. The van der Waals surface area contributed by atoms with Crippen molar-refractivity contribution in [2.45, 2.75) is 0 Å². The highest BCUT2D eigenvalue weighted by atomic mass is 19.1. The second kappa shape index (κ2) is 4.68. The van der Waals surface area contributed by atoms with Crippen LogP contribution in [-0.2, 0) is 0 Å². The van der Waals surface area contributed by atoms with Crippen molar-refractivity contribution in [1.82, 2.24) is 0 Å². The minimum atomic E-state index is -1.12. The number of nitriles is 1. The first kappa shape index (κ1) is 11.8. The first-order valence-corrected chi connectivity index (χ1v) is 5.15. The van der Waals surface area contributed by atoms with Gasteiger partial charge in [-0.2, -0.15) is 5.26 Å². The third-order valence-electron chi connectivity index (χ3n) is 2.52. The van der Waals surface area contributed by atoms with Gasteiger partial charge in [0.05, 0.1) is 17.2 Å². The summed E-state index contributed by atoms with van der Waals surface area (Å²) in [5, 5.41) is 17.7. The predicted molar refractivity (Wildman–Crippen MR) is 63.5 cm³/mol. The lowest BCUT2D eigenvalue weighted by Crippen LogP contribution is -1.97. The Morgan fingerprint density at radius 2 is 2.00 bits per heavy atom. The molecule has 0 atom stereocenters. The van der Waals surface area contributed by atoms with E-state index in [1.807, 2.05) is 6.07 Å². The zero-order valence-electron chi connectivity index (χ0n) is 9.22. The number of carboxylic acid groups (broad SMARTS) is 1. The molecule has 0 radical (unpaired) electrons. The zero-order valence-corrected chi connectivity index (χ0v) is 9.22. The summed E-state index contributed by atoms with van der Waals surface area (Å²) in [6.07, 6.45) is 0. The van der Waals surface area contributed by atoms with Gasteiger partial charge in [0.25, 0.3) is 0 Å². The molecule has 2 aromatic rings. The Kier molecular flexibility index (Phi) is 3.07. The Bertz CT molecular complexity index is 659. The van der Waals surface area contributed by atoms with Crippen molar-refractivity contribution in [2.75, 3.05) is 0 Å². The van der Waals surface area contributed by atoms with E-state index in [1.165, 1.54) is 18.2 Å². The Labute approximate surface area is 103 Å². The van der Waals surface area contributed by atoms with Crippen LogP contribution < -0.4 is 0 Å². The largest absolute Gasteiger partial charge is 0.478 e. The van der Waals surface area contributed by atoms with Crippen molar-refractivity contribution in [2.24, 2.45) is 0 Å². The fraction of sp³-hybridized carbons (Fsp3) is 0. The lowest BCUT2D eigenvalue weighted by atomic mass is 10.0. The fourth-order valence-electron chi connectivity index (χ4n) is 1.64. The van der Waals surface area contributed by atoms with Crippen molar-refractivity contribution < 1.29 is 14.3 Å². The number of hydrogen-bond donors (Lipinski definition) is 1. The second-order valence-corrected chi connectivity index (χ2v) is 3.69. The van der Waals surface area contributed by atoms with Crippen LogP contribution in [0.4, 0.5) is 4.39 Å². The average Bonchev–Trinajstić information content (AvgIpc) is 2.39. The molecule has 18 heavy (non-hydrogen) atoms. The quantitative estimate of drug-likeness (QED) is 0.878. The molecule has 4 heteroatoms. The third kappa shape index (κ3) is 2.20. The van der Waals surface area contributed by atoms with E-state index in [0.717, 1.165) is 6.07 Å². The molecular weight excluding hydrogens is 233 g/mol. The van der Waals surface area contributed by atoms with E-state index < -0.39 is 11.8 Å².